The molecule has 0 aromatic carbocycles. The van der Waals surface area contributed by atoms with Gasteiger partial charge in [-0.05, 0) is 60.1 Å². The van der Waals surface area contributed by atoms with Crippen LogP contribution in [0.2, 0.25) is 0 Å². The van der Waals surface area contributed by atoms with Crippen molar-refractivity contribution in [2.75, 3.05) is 10.6 Å². The van der Waals surface area contributed by atoms with Crippen molar-refractivity contribution in [1.82, 2.24) is 4.98 Å². The smallest absolute Gasteiger partial charge is 0.166 e. The number of pyridine rings is 1. The topological polar surface area (TPSA) is 54.0 Å². The molecule has 0 radical (unpaired) electrons. The zero-order valence-electron chi connectivity index (χ0n) is 14.6. The fraction of sp³-hybridized carbons (Fsp3) is 0.647. The van der Waals surface area contributed by atoms with E-state index in [9.17, 15) is 4.79 Å². The van der Waals surface area contributed by atoms with Crippen molar-refractivity contribution in [1.29, 1.82) is 0 Å². The third-order valence-electron chi connectivity index (χ3n) is 2.81. The van der Waals surface area contributed by atoms with Crippen molar-refractivity contribution < 1.29 is 4.79 Å². The van der Waals surface area contributed by atoms with Crippen LogP contribution in [0.25, 0.3) is 0 Å². The zero-order chi connectivity index (χ0) is 16.4. The molecule has 1 rings (SSSR count). The summed E-state index contributed by atoms with van der Waals surface area (Å²) in [4.78, 5) is 16.9. The molecule has 0 aliphatic heterocycles. The van der Waals surface area contributed by atoms with E-state index in [1.807, 2.05) is 19.9 Å². The number of hydrogen-bond donors (Lipinski definition) is 2. The van der Waals surface area contributed by atoms with Gasteiger partial charge in [0.1, 0.15) is 11.6 Å². The maximum Gasteiger partial charge on any atom is 0.166 e. The lowest BCUT2D eigenvalue weighted by Gasteiger charge is -2.26. The summed E-state index contributed by atoms with van der Waals surface area (Å²) in [5.74, 6) is 1.58. The zero-order valence-corrected chi connectivity index (χ0v) is 14.6. The number of ketones is 1. The van der Waals surface area contributed by atoms with Gasteiger partial charge in [-0.3, -0.25) is 4.79 Å². The summed E-state index contributed by atoms with van der Waals surface area (Å²) < 4.78 is 0. The van der Waals surface area contributed by atoms with E-state index >= 15 is 0 Å². The van der Waals surface area contributed by atoms with Gasteiger partial charge in [-0.1, -0.05) is 6.92 Å². The average Bonchev–Trinajstić information content (AvgIpc) is 2.22. The largest absolute Gasteiger partial charge is 0.365 e. The van der Waals surface area contributed by atoms with Gasteiger partial charge in [0.2, 0.25) is 0 Å². The molecular formula is C17H29N3O. The van der Waals surface area contributed by atoms with Gasteiger partial charge in [-0.25, -0.2) is 4.98 Å². The van der Waals surface area contributed by atoms with Crippen molar-refractivity contribution in [3.05, 3.63) is 17.2 Å². The van der Waals surface area contributed by atoms with Crippen LogP contribution in [0.5, 0.6) is 0 Å². The van der Waals surface area contributed by atoms with E-state index in [0.717, 1.165) is 11.4 Å². The van der Waals surface area contributed by atoms with Crippen LogP contribution in [0.3, 0.4) is 0 Å². The van der Waals surface area contributed by atoms with Crippen LogP contribution in [-0.4, -0.2) is 21.8 Å². The molecule has 1 aromatic heterocycles. The third-order valence-corrected chi connectivity index (χ3v) is 2.81. The summed E-state index contributed by atoms with van der Waals surface area (Å²) >= 11 is 0. The number of nitrogens with one attached hydrogen (secondary N) is 2. The summed E-state index contributed by atoms with van der Waals surface area (Å²) in [5.41, 5.74) is 1.43. The number of nitrogens with zero attached hydrogens (tertiary/aromatic N) is 1. The summed E-state index contributed by atoms with van der Waals surface area (Å²) in [6.07, 6.45) is 0.480. The Labute approximate surface area is 128 Å². The second-order valence-corrected chi connectivity index (χ2v) is 7.57. The number of aromatic nitrogens is 1. The average molecular weight is 291 g/mol. The van der Waals surface area contributed by atoms with Gasteiger partial charge in [-0.15, -0.1) is 0 Å². The first-order chi connectivity index (χ1) is 9.43. The van der Waals surface area contributed by atoms with Crippen molar-refractivity contribution in [2.24, 2.45) is 0 Å². The molecule has 4 nitrogen and oxygen atoms in total. The number of Topliss-reactive ketones (excluding diaryl/α,β-unsaturated/α-hetero) is 1. The van der Waals surface area contributed by atoms with Crippen molar-refractivity contribution in [2.45, 2.75) is 72.9 Å². The molecule has 21 heavy (non-hydrogen) atoms. The van der Waals surface area contributed by atoms with Crippen LogP contribution in [-0.2, 0) is 0 Å². The number of aryl methyl sites for hydroxylation is 1. The first-order valence-corrected chi connectivity index (χ1v) is 7.54. The minimum absolute atomic E-state index is 0.0747. The van der Waals surface area contributed by atoms with E-state index < -0.39 is 0 Å². The maximum absolute atomic E-state index is 12.2. The van der Waals surface area contributed by atoms with Gasteiger partial charge in [-0.2, -0.15) is 0 Å². The lowest BCUT2D eigenvalue weighted by atomic mass is 10.0. The van der Waals surface area contributed by atoms with Gasteiger partial charge in [0.15, 0.2) is 5.78 Å². The van der Waals surface area contributed by atoms with Crippen LogP contribution in [0, 0.1) is 6.92 Å². The van der Waals surface area contributed by atoms with E-state index in [0.29, 0.717) is 17.8 Å². The Balaban J connectivity index is 3.35. The summed E-state index contributed by atoms with van der Waals surface area (Å²) in [6, 6.07) is 1.95. The molecule has 0 saturated carbocycles. The Bertz CT molecular complexity index is 522. The molecule has 0 fully saturated rings. The van der Waals surface area contributed by atoms with E-state index in [-0.39, 0.29) is 16.9 Å². The fourth-order valence-corrected chi connectivity index (χ4v) is 2.10. The van der Waals surface area contributed by atoms with Crippen molar-refractivity contribution >= 4 is 17.4 Å². The highest BCUT2D eigenvalue weighted by atomic mass is 16.1. The molecule has 2 N–H and O–H groups in total. The van der Waals surface area contributed by atoms with Gasteiger partial charge in [0, 0.05) is 17.5 Å². The molecule has 0 bridgehead atoms. The van der Waals surface area contributed by atoms with Crippen molar-refractivity contribution in [3.8, 4) is 0 Å². The Kier molecular flexibility index (Phi) is 5.03. The summed E-state index contributed by atoms with van der Waals surface area (Å²) in [7, 11) is 0. The molecule has 0 aliphatic rings. The van der Waals surface area contributed by atoms with Gasteiger partial charge >= 0.3 is 0 Å². The van der Waals surface area contributed by atoms with Crippen LogP contribution < -0.4 is 10.6 Å². The highest BCUT2D eigenvalue weighted by molar-refractivity contribution is 6.02. The van der Waals surface area contributed by atoms with Gasteiger partial charge in [0.05, 0.1) is 5.56 Å². The lowest BCUT2D eigenvalue weighted by molar-refractivity contribution is 0.0988. The number of carbonyl (C=O) groups is 1. The van der Waals surface area contributed by atoms with Gasteiger partial charge in [0.25, 0.3) is 0 Å². The normalized spacial score (nSPS) is 12.2. The number of hydrogen-bond acceptors (Lipinski definition) is 4. The van der Waals surface area contributed by atoms with E-state index in [1.165, 1.54) is 0 Å². The Morgan fingerprint density at radius 1 is 1.10 bits per heavy atom. The molecule has 0 amide bonds. The second-order valence-electron chi connectivity index (χ2n) is 7.57. The van der Waals surface area contributed by atoms with E-state index in [1.54, 1.807) is 0 Å². The summed E-state index contributed by atoms with van der Waals surface area (Å²) in [5, 5.41) is 6.73. The number of rotatable bonds is 4. The standard InChI is InChI=1S/C17H29N3O/c1-9-12(21)14-11(2)10-13(19-16(3,4)5)18-15(14)20-17(6,7)8/h10H,9H2,1-8H3,(H2,18,19,20). The maximum atomic E-state index is 12.2. The van der Waals surface area contributed by atoms with E-state index in [2.05, 4.69) is 57.2 Å². The van der Waals surface area contributed by atoms with Gasteiger partial charge < -0.3 is 10.6 Å². The van der Waals surface area contributed by atoms with Crippen LogP contribution in [0.4, 0.5) is 11.6 Å². The Morgan fingerprint density at radius 3 is 2.05 bits per heavy atom. The predicted molar refractivity (Wildman–Crippen MR) is 90.3 cm³/mol. The first-order valence-electron chi connectivity index (χ1n) is 7.54. The first kappa shape index (κ1) is 17.5. The fourth-order valence-electron chi connectivity index (χ4n) is 2.10. The minimum atomic E-state index is -0.150. The molecule has 0 aliphatic carbocycles. The molecule has 4 heteroatoms. The molecule has 1 heterocycles. The lowest BCUT2D eigenvalue weighted by Crippen LogP contribution is -2.30. The Hall–Kier alpha value is -1.58. The summed E-state index contributed by atoms with van der Waals surface area (Å²) in [6.45, 7) is 16.3. The molecule has 0 unspecified atom stereocenters. The number of anilines is 2. The molecule has 118 valence electrons. The van der Waals surface area contributed by atoms with E-state index in [4.69, 9.17) is 0 Å². The molecule has 0 saturated heterocycles. The molecule has 1 aromatic rings. The second kappa shape index (κ2) is 6.04. The number of carbonyl (C=O) groups excluding carboxylic acids is 1. The Morgan fingerprint density at radius 2 is 1.62 bits per heavy atom. The SMILES string of the molecule is CCC(=O)c1c(C)cc(NC(C)(C)C)nc1NC(C)(C)C. The predicted octanol–water partition coefficient (Wildman–Crippen LogP) is 4.40. The highest BCUT2D eigenvalue weighted by Crippen LogP contribution is 2.26. The third kappa shape index (κ3) is 5.37. The molecule has 0 spiro atoms. The van der Waals surface area contributed by atoms with Crippen LogP contribution >= 0.6 is 0 Å². The van der Waals surface area contributed by atoms with Crippen molar-refractivity contribution in [3.63, 3.8) is 0 Å². The molecule has 0 atom stereocenters. The quantitative estimate of drug-likeness (QED) is 0.807. The monoisotopic (exact) mass is 291 g/mol. The van der Waals surface area contributed by atoms with Crippen LogP contribution in [0.1, 0.15) is 70.8 Å². The van der Waals surface area contributed by atoms with Crippen LogP contribution in [0.15, 0.2) is 6.07 Å². The molecular weight excluding hydrogens is 262 g/mol. The minimum Gasteiger partial charge on any atom is -0.365 e. The highest BCUT2D eigenvalue weighted by Gasteiger charge is 2.21.